The van der Waals surface area contributed by atoms with Gasteiger partial charge >= 0.3 is 0 Å². The zero-order chi connectivity index (χ0) is 16.2. The molecule has 1 unspecified atom stereocenters. The third-order valence-corrected chi connectivity index (χ3v) is 3.26. The number of carbonyl (C=O) groups is 1. The van der Waals surface area contributed by atoms with Crippen molar-refractivity contribution in [1.82, 2.24) is 5.32 Å². The van der Waals surface area contributed by atoms with Crippen LogP contribution in [0, 0.1) is 15.5 Å². The Morgan fingerprint density at radius 1 is 1.43 bits per heavy atom. The van der Waals surface area contributed by atoms with Crippen molar-refractivity contribution < 1.29 is 9.72 Å². The van der Waals surface area contributed by atoms with Gasteiger partial charge in [-0.1, -0.05) is 32.4 Å². The minimum Gasteiger partial charge on any atom is -0.350 e. The Labute approximate surface area is 133 Å². The van der Waals surface area contributed by atoms with Crippen molar-refractivity contribution in [3.8, 4) is 0 Å². The molecule has 0 radical (unpaired) electrons. The molecule has 0 aromatic heterocycles. The lowest BCUT2D eigenvalue weighted by Crippen LogP contribution is -2.32. The van der Waals surface area contributed by atoms with Crippen LogP contribution in [-0.2, 0) is 0 Å². The average molecular weight is 333 g/mol. The molecular formula is C14H18Cl2N2O3. The van der Waals surface area contributed by atoms with Gasteiger partial charge in [0.2, 0.25) is 0 Å². The van der Waals surface area contributed by atoms with Crippen LogP contribution >= 0.6 is 23.2 Å². The van der Waals surface area contributed by atoms with E-state index in [2.05, 4.69) is 5.32 Å². The van der Waals surface area contributed by atoms with Crippen LogP contribution in [0.2, 0.25) is 5.02 Å². The van der Waals surface area contributed by atoms with Gasteiger partial charge < -0.3 is 5.32 Å². The van der Waals surface area contributed by atoms with E-state index < -0.39 is 10.8 Å². The second-order valence-corrected chi connectivity index (χ2v) is 7.04. The molecule has 1 amide bonds. The number of carbonyl (C=O) groups excluding carboxylic acids is 1. The summed E-state index contributed by atoms with van der Waals surface area (Å²) in [6, 6.07) is 3.93. The number of alkyl halides is 1. The fourth-order valence-electron chi connectivity index (χ4n) is 1.88. The molecule has 1 aromatic rings. The average Bonchev–Trinajstić information content (AvgIpc) is 2.33. The number of rotatable bonds is 5. The van der Waals surface area contributed by atoms with Crippen molar-refractivity contribution in [2.45, 2.75) is 32.6 Å². The zero-order valence-corrected chi connectivity index (χ0v) is 13.7. The van der Waals surface area contributed by atoms with Crippen LogP contribution in [0.1, 0.15) is 37.6 Å². The SMILES string of the molecule is CC(C)(C)CC(Cl)CNC(=O)c1ccc(Cl)cc1[N+](=O)[O-]. The van der Waals surface area contributed by atoms with Crippen LogP contribution in [-0.4, -0.2) is 22.8 Å². The Hall–Kier alpha value is -1.33. The van der Waals surface area contributed by atoms with Gasteiger partial charge in [0.05, 0.1) is 10.3 Å². The van der Waals surface area contributed by atoms with Gasteiger partial charge in [0.15, 0.2) is 0 Å². The molecule has 1 rings (SSSR count). The van der Waals surface area contributed by atoms with Crippen LogP contribution in [0.15, 0.2) is 18.2 Å². The first-order chi connectivity index (χ1) is 9.60. The third-order valence-electron chi connectivity index (χ3n) is 2.72. The molecular weight excluding hydrogens is 315 g/mol. The molecule has 0 saturated heterocycles. The topological polar surface area (TPSA) is 72.2 Å². The summed E-state index contributed by atoms with van der Waals surface area (Å²) in [5.41, 5.74) is -0.297. The molecule has 1 aromatic carbocycles. The largest absolute Gasteiger partial charge is 0.350 e. The second kappa shape index (κ2) is 7.09. The van der Waals surface area contributed by atoms with Crippen molar-refractivity contribution in [3.63, 3.8) is 0 Å². The number of nitro groups is 1. The summed E-state index contributed by atoms with van der Waals surface area (Å²) in [4.78, 5) is 22.3. The first-order valence-electron chi connectivity index (χ1n) is 6.46. The van der Waals surface area contributed by atoms with Gasteiger partial charge in [-0.15, -0.1) is 11.6 Å². The number of hydrogen-bond donors (Lipinski definition) is 1. The van der Waals surface area contributed by atoms with Gasteiger partial charge in [0.25, 0.3) is 11.6 Å². The molecule has 0 bridgehead atoms. The van der Waals surface area contributed by atoms with Gasteiger partial charge in [0.1, 0.15) is 5.56 Å². The van der Waals surface area contributed by atoms with Crippen LogP contribution in [0.3, 0.4) is 0 Å². The van der Waals surface area contributed by atoms with Crippen LogP contribution in [0.5, 0.6) is 0 Å². The highest BCUT2D eigenvalue weighted by atomic mass is 35.5. The Bertz CT molecular complexity index is 542. The molecule has 0 fully saturated rings. The molecule has 116 valence electrons. The fourth-order valence-corrected chi connectivity index (χ4v) is 2.59. The molecule has 1 N–H and O–H groups in total. The maximum absolute atomic E-state index is 12.0. The summed E-state index contributed by atoms with van der Waals surface area (Å²) in [6.07, 6.45) is 0.720. The first-order valence-corrected chi connectivity index (χ1v) is 7.28. The summed E-state index contributed by atoms with van der Waals surface area (Å²) in [5, 5.41) is 13.5. The molecule has 0 aliphatic rings. The molecule has 1 atom stereocenters. The summed E-state index contributed by atoms with van der Waals surface area (Å²) < 4.78 is 0. The van der Waals surface area contributed by atoms with E-state index >= 15 is 0 Å². The normalized spacial score (nSPS) is 12.8. The highest BCUT2D eigenvalue weighted by molar-refractivity contribution is 6.31. The molecule has 0 saturated carbocycles. The minimum absolute atomic E-state index is 0.0241. The zero-order valence-electron chi connectivity index (χ0n) is 12.2. The summed E-state index contributed by atoms with van der Waals surface area (Å²) in [5.74, 6) is -0.530. The van der Waals surface area contributed by atoms with Gasteiger partial charge in [-0.25, -0.2) is 0 Å². The monoisotopic (exact) mass is 332 g/mol. The Morgan fingerprint density at radius 2 is 2.05 bits per heavy atom. The van der Waals surface area contributed by atoms with Crippen molar-refractivity contribution in [3.05, 3.63) is 38.9 Å². The number of halogens is 2. The number of amides is 1. The second-order valence-electron chi connectivity index (χ2n) is 5.99. The van der Waals surface area contributed by atoms with Crippen LogP contribution < -0.4 is 5.32 Å². The number of nitro benzene ring substituents is 1. The number of nitrogens with one attached hydrogen (secondary N) is 1. The van der Waals surface area contributed by atoms with E-state index in [4.69, 9.17) is 23.2 Å². The summed E-state index contributed by atoms with van der Waals surface area (Å²) in [7, 11) is 0. The lowest BCUT2D eigenvalue weighted by Gasteiger charge is -2.21. The standard InChI is InChI=1S/C14H18Cl2N2O3/c1-14(2,3)7-10(16)8-17-13(19)11-5-4-9(15)6-12(11)18(20)21/h4-6,10H,7-8H2,1-3H3,(H,17,19). The molecule has 0 aliphatic heterocycles. The third kappa shape index (κ3) is 5.89. The van der Waals surface area contributed by atoms with E-state index in [1.807, 2.05) is 20.8 Å². The van der Waals surface area contributed by atoms with E-state index in [0.717, 1.165) is 12.5 Å². The van der Waals surface area contributed by atoms with E-state index in [0.29, 0.717) is 0 Å². The minimum atomic E-state index is -0.631. The number of hydrogen-bond acceptors (Lipinski definition) is 3. The van der Waals surface area contributed by atoms with Gasteiger partial charge in [-0.3, -0.25) is 14.9 Å². The van der Waals surface area contributed by atoms with Crippen molar-refractivity contribution in [2.24, 2.45) is 5.41 Å². The molecule has 0 spiro atoms. The fraction of sp³-hybridized carbons (Fsp3) is 0.500. The quantitative estimate of drug-likeness (QED) is 0.502. The molecule has 7 heteroatoms. The van der Waals surface area contributed by atoms with Crippen molar-refractivity contribution in [2.75, 3.05) is 6.54 Å². The predicted octanol–water partition coefficient (Wildman–Crippen LogP) is 4.02. The molecule has 0 heterocycles. The van der Waals surface area contributed by atoms with Gasteiger partial charge in [0, 0.05) is 17.6 Å². The van der Waals surface area contributed by atoms with Crippen molar-refractivity contribution in [1.29, 1.82) is 0 Å². The van der Waals surface area contributed by atoms with Crippen LogP contribution in [0.25, 0.3) is 0 Å². The lowest BCUT2D eigenvalue weighted by molar-refractivity contribution is -0.385. The lowest BCUT2D eigenvalue weighted by atomic mass is 9.90. The maximum atomic E-state index is 12.0. The van der Waals surface area contributed by atoms with Gasteiger partial charge in [-0.2, -0.15) is 0 Å². The number of benzene rings is 1. The molecule has 21 heavy (non-hydrogen) atoms. The van der Waals surface area contributed by atoms with E-state index in [1.54, 1.807) is 0 Å². The Morgan fingerprint density at radius 3 is 2.57 bits per heavy atom. The van der Waals surface area contributed by atoms with Crippen molar-refractivity contribution >= 4 is 34.8 Å². The maximum Gasteiger partial charge on any atom is 0.283 e. The highest BCUT2D eigenvalue weighted by Crippen LogP contribution is 2.24. The number of nitrogens with zero attached hydrogens (tertiary/aromatic N) is 1. The van der Waals surface area contributed by atoms with E-state index in [9.17, 15) is 14.9 Å². The Balaban J connectivity index is 2.75. The smallest absolute Gasteiger partial charge is 0.283 e. The molecule has 0 aliphatic carbocycles. The van der Waals surface area contributed by atoms with Crippen LogP contribution in [0.4, 0.5) is 5.69 Å². The predicted molar refractivity (Wildman–Crippen MR) is 84.2 cm³/mol. The summed E-state index contributed by atoms with van der Waals surface area (Å²) >= 11 is 11.9. The van der Waals surface area contributed by atoms with E-state index in [1.165, 1.54) is 12.1 Å². The Kier molecular flexibility index (Phi) is 5.98. The first kappa shape index (κ1) is 17.7. The van der Waals surface area contributed by atoms with Gasteiger partial charge in [-0.05, 0) is 24.0 Å². The molecule has 5 nitrogen and oxygen atoms in total. The van der Waals surface area contributed by atoms with E-state index in [-0.39, 0.29) is 33.6 Å². The summed E-state index contributed by atoms with van der Waals surface area (Å²) in [6.45, 7) is 6.40. The highest BCUT2D eigenvalue weighted by Gasteiger charge is 2.22.